The van der Waals surface area contributed by atoms with Gasteiger partial charge in [-0.1, -0.05) is 12.1 Å². The summed E-state index contributed by atoms with van der Waals surface area (Å²) in [5.41, 5.74) is 2.86. The number of amides is 4. The largest absolute Gasteiger partial charge is 0.352 e. The SMILES string of the molecule is O=C(CC1CCc2sccc2C1=O)NCc1ccc2c(c1)C(=O)N(C1CCC(=O)NC1=O)C2. The van der Waals surface area contributed by atoms with Crippen LogP contribution in [-0.2, 0) is 33.9 Å². The number of fused-ring (bicyclic) bond motifs is 2. The van der Waals surface area contributed by atoms with E-state index in [9.17, 15) is 24.0 Å². The standard InChI is InChI=1S/C24H23N3O5S/c28-20-6-4-18(23(31)26-20)27-12-15-2-1-13(9-17(15)24(27)32)11-25-21(29)10-14-3-5-19-16(22(14)30)7-8-33-19/h1-2,7-9,14,18H,3-6,10-12H2,(H,25,29)(H,26,28,31). The third-order valence-corrected chi connectivity index (χ3v) is 7.60. The van der Waals surface area contributed by atoms with E-state index in [1.807, 2.05) is 23.6 Å². The van der Waals surface area contributed by atoms with Gasteiger partial charge in [0.2, 0.25) is 17.7 Å². The molecule has 170 valence electrons. The summed E-state index contributed by atoms with van der Waals surface area (Å²) < 4.78 is 0. The Hall–Kier alpha value is -3.33. The number of Topliss-reactive ketones (excluding diaryl/α,β-unsaturated/α-hetero) is 1. The minimum absolute atomic E-state index is 0.0457. The molecule has 0 spiro atoms. The van der Waals surface area contributed by atoms with Gasteiger partial charge in [0, 0.05) is 47.9 Å². The fourth-order valence-corrected chi connectivity index (χ4v) is 5.71. The van der Waals surface area contributed by atoms with Crippen LogP contribution in [0.1, 0.15) is 62.4 Å². The lowest BCUT2D eigenvalue weighted by atomic mass is 9.85. The number of ketones is 1. The average Bonchev–Trinajstić information content (AvgIpc) is 3.40. The van der Waals surface area contributed by atoms with Crippen molar-refractivity contribution in [2.45, 2.75) is 51.2 Å². The van der Waals surface area contributed by atoms with Crippen molar-refractivity contribution in [2.24, 2.45) is 5.92 Å². The third-order valence-electron chi connectivity index (χ3n) is 6.62. The van der Waals surface area contributed by atoms with Gasteiger partial charge in [0.1, 0.15) is 6.04 Å². The van der Waals surface area contributed by atoms with Crippen LogP contribution in [0.4, 0.5) is 0 Å². The van der Waals surface area contributed by atoms with Gasteiger partial charge in [0.25, 0.3) is 5.91 Å². The van der Waals surface area contributed by atoms with Gasteiger partial charge in [-0.2, -0.15) is 0 Å². The first-order valence-electron chi connectivity index (χ1n) is 11.0. The number of carbonyl (C=O) groups excluding carboxylic acids is 5. The molecule has 1 fully saturated rings. The maximum atomic E-state index is 12.9. The quantitative estimate of drug-likeness (QED) is 0.656. The van der Waals surface area contributed by atoms with Crippen molar-refractivity contribution < 1.29 is 24.0 Å². The number of imide groups is 1. The van der Waals surface area contributed by atoms with Crippen LogP contribution in [0.15, 0.2) is 29.6 Å². The predicted molar refractivity (Wildman–Crippen MR) is 119 cm³/mol. The van der Waals surface area contributed by atoms with Gasteiger partial charge in [-0.3, -0.25) is 29.3 Å². The molecule has 5 rings (SSSR count). The van der Waals surface area contributed by atoms with Crippen molar-refractivity contribution >= 4 is 40.7 Å². The molecule has 0 bridgehead atoms. The zero-order chi connectivity index (χ0) is 23.1. The highest BCUT2D eigenvalue weighted by Gasteiger charge is 2.39. The number of nitrogens with one attached hydrogen (secondary N) is 2. The van der Waals surface area contributed by atoms with Crippen LogP contribution >= 0.6 is 11.3 Å². The fraction of sp³-hybridized carbons (Fsp3) is 0.375. The molecule has 0 saturated carbocycles. The summed E-state index contributed by atoms with van der Waals surface area (Å²) >= 11 is 1.59. The molecule has 1 aromatic carbocycles. The second kappa shape index (κ2) is 8.55. The number of piperidine rings is 1. The number of hydrogen-bond donors (Lipinski definition) is 2. The molecule has 1 aromatic heterocycles. The highest BCUT2D eigenvalue weighted by Crippen LogP contribution is 2.31. The maximum absolute atomic E-state index is 12.9. The molecule has 2 atom stereocenters. The molecule has 1 saturated heterocycles. The van der Waals surface area contributed by atoms with Crippen LogP contribution in [0.5, 0.6) is 0 Å². The Balaban J connectivity index is 1.19. The summed E-state index contributed by atoms with van der Waals surface area (Å²) in [6.07, 6.45) is 2.20. The van der Waals surface area contributed by atoms with Crippen LogP contribution in [0.3, 0.4) is 0 Å². The summed E-state index contributed by atoms with van der Waals surface area (Å²) in [7, 11) is 0. The molecule has 0 radical (unpaired) electrons. The van der Waals surface area contributed by atoms with E-state index in [0.29, 0.717) is 24.9 Å². The van der Waals surface area contributed by atoms with Gasteiger partial charge in [-0.15, -0.1) is 11.3 Å². The smallest absolute Gasteiger partial charge is 0.255 e. The first-order valence-corrected chi connectivity index (χ1v) is 11.9. The molecule has 33 heavy (non-hydrogen) atoms. The normalized spacial score (nSPS) is 22.1. The summed E-state index contributed by atoms with van der Waals surface area (Å²) in [5.74, 6) is -1.44. The van der Waals surface area contributed by atoms with Gasteiger partial charge in [-0.05, 0) is 47.9 Å². The zero-order valence-electron chi connectivity index (χ0n) is 17.9. The first-order chi connectivity index (χ1) is 15.9. The van der Waals surface area contributed by atoms with Crippen LogP contribution in [0.25, 0.3) is 0 Å². The van der Waals surface area contributed by atoms with Crippen molar-refractivity contribution in [1.29, 1.82) is 0 Å². The molecule has 2 N–H and O–H groups in total. The van der Waals surface area contributed by atoms with Crippen LogP contribution < -0.4 is 10.6 Å². The number of nitrogens with zero attached hydrogens (tertiary/aromatic N) is 1. The molecule has 8 nitrogen and oxygen atoms in total. The lowest BCUT2D eigenvalue weighted by molar-refractivity contribution is -0.137. The highest BCUT2D eigenvalue weighted by atomic mass is 32.1. The summed E-state index contributed by atoms with van der Waals surface area (Å²) in [6.45, 7) is 0.573. The van der Waals surface area contributed by atoms with Crippen molar-refractivity contribution in [3.8, 4) is 0 Å². The van der Waals surface area contributed by atoms with E-state index < -0.39 is 11.9 Å². The molecule has 4 amide bonds. The summed E-state index contributed by atoms with van der Waals surface area (Å²) in [4.78, 5) is 64.2. The second-order valence-electron chi connectivity index (χ2n) is 8.73. The molecule has 9 heteroatoms. The Morgan fingerprint density at radius 3 is 2.76 bits per heavy atom. The first kappa shape index (κ1) is 21.5. The Morgan fingerprint density at radius 2 is 1.94 bits per heavy atom. The second-order valence-corrected chi connectivity index (χ2v) is 9.73. The molecule has 2 aromatic rings. The lowest BCUT2D eigenvalue weighted by Crippen LogP contribution is -2.52. The number of rotatable bonds is 5. The van der Waals surface area contributed by atoms with Crippen LogP contribution in [0, 0.1) is 5.92 Å². The lowest BCUT2D eigenvalue weighted by Gasteiger charge is -2.29. The van der Waals surface area contributed by atoms with E-state index in [2.05, 4.69) is 10.6 Å². The van der Waals surface area contributed by atoms with Crippen molar-refractivity contribution in [2.75, 3.05) is 0 Å². The van der Waals surface area contributed by atoms with E-state index in [1.54, 1.807) is 17.4 Å². The van der Waals surface area contributed by atoms with E-state index in [4.69, 9.17) is 0 Å². The molecule has 2 unspecified atom stereocenters. The van der Waals surface area contributed by atoms with Gasteiger partial charge in [0.05, 0.1) is 0 Å². The monoisotopic (exact) mass is 465 g/mol. The van der Waals surface area contributed by atoms with Crippen molar-refractivity contribution in [3.05, 3.63) is 56.8 Å². The van der Waals surface area contributed by atoms with Crippen LogP contribution in [-0.4, -0.2) is 40.4 Å². The van der Waals surface area contributed by atoms with Gasteiger partial charge >= 0.3 is 0 Å². The summed E-state index contributed by atoms with van der Waals surface area (Å²) in [6, 6.07) is 6.62. The van der Waals surface area contributed by atoms with Crippen molar-refractivity contribution in [1.82, 2.24) is 15.5 Å². The minimum Gasteiger partial charge on any atom is -0.352 e. The predicted octanol–water partition coefficient (Wildman–Crippen LogP) is 1.96. The van der Waals surface area contributed by atoms with Gasteiger partial charge in [0.15, 0.2) is 5.78 Å². The topological polar surface area (TPSA) is 113 Å². The number of thiophene rings is 1. The molecular formula is C24H23N3O5S. The van der Waals surface area contributed by atoms with E-state index >= 15 is 0 Å². The van der Waals surface area contributed by atoms with E-state index in [1.165, 1.54) is 4.90 Å². The molecule has 3 aliphatic rings. The molecule has 2 aliphatic heterocycles. The highest BCUT2D eigenvalue weighted by molar-refractivity contribution is 7.10. The number of carbonyl (C=O) groups is 5. The Bertz CT molecular complexity index is 1190. The number of hydrogen-bond acceptors (Lipinski definition) is 6. The van der Waals surface area contributed by atoms with Gasteiger partial charge < -0.3 is 10.2 Å². The fourth-order valence-electron chi connectivity index (χ4n) is 4.81. The summed E-state index contributed by atoms with van der Waals surface area (Å²) in [5, 5.41) is 7.08. The van der Waals surface area contributed by atoms with Crippen LogP contribution in [0.2, 0.25) is 0 Å². The van der Waals surface area contributed by atoms with E-state index in [-0.39, 0.29) is 48.8 Å². The van der Waals surface area contributed by atoms with Crippen molar-refractivity contribution in [3.63, 3.8) is 0 Å². The minimum atomic E-state index is -0.650. The Labute approximate surface area is 194 Å². The molecule has 3 heterocycles. The molecular weight excluding hydrogens is 442 g/mol. The Kier molecular flexibility index (Phi) is 5.57. The molecule has 1 aliphatic carbocycles. The number of benzene rings is 1. The number of aryl methyl sites for hydroxylation is 1. The zero-order valence-corrected chi connectivity index (χ0v) is 18.7. The van der Waals surface area contributed by atoms with E-state index in [0.717, 1.165) is 28.0 Å². The third kappa shape index (κ3) is 4.08. The maximum Gasteiger partial charge on any atom is 0.255 e. The Morgan fingerprint density at radius 1 is 1.09 bits per heavy atom. The average molecular weight is 466 g/mol. The van der Waals surface area contributed by atoms with Gasteiger partial charge in [-0.25, -0.2) is 0 Å².